The molecule has 2 aliphatic rings. The second kappa shape index (κ2) is 13.8. The number of rotatable bonds is 11. The van der Waals surface area contributed by atoms with Crippen LogP contribution in [0.4, 0.5) is 0 Å². The highest BCUT2D eigenvalue weighted by atomic mass is 32.2. The number of amides is 2. The summed E-state index contributed by atoms with van der Waals surface area (Å²) in [6.07, 6.45) is 8.11. The summed E-state index contributed by atoms with van der Waals surface area (Å²) in [7, 11) is -3.84. The Hall–Kier alpha value is -3.17. The fourth-order valence-corrected chi connectivity index (χ4v) is 7.03. The lowest BCUT2D eigenvalue weighted by Gasteiger charge is -2.35. The van der Waals surface area contributed by atoms with E-state index in [-0.39, 0.29) is 23.3 Å². The lowest BCUT2D eigenvalue weighted by atomic mass is 9.88. The molecule has 8 nitrogen and oxygen atoms in total. The minimum Gasteiger partial charge on any atom is -0.490 e. The van der Waals surface area contributed by atoms with Gasteiger partial charge in [0.25, 0.3) is 0 Å². The summed E-state index contributed by atoms with van der Waals surface area (Å²) in [6, 6.07) is 14.9. The van der Waals surface area contributed by atoms with Gasteiger partial charge in [-0.3, -0.25) is 9.59 Å². The molecular weight excluding hydrogens is 514 g/mol. The van der Waals surface area contributed by atoms with Crippen molar-refractivity contribution < 1.29 is 22.7 Å². The molecule has 2 aromatic carbocycles. The topological polar surface area (TPSA) is 105 Å². The van der Waals surface area contributed by atoms with Crippen LogP contribution in [0, 0.1) is 5.92 Å². The van der Waals surface area contributed by atoms with Crippen LogP contribution in [0.3, 0.4) is 0 Å². The van der Waals surface area contributed by atoms with E-state index in [2.05, 4.69) is 17.2 Å². The number of carbonyl (C=O) groups is 2. The van der Waals surface area contributed by atoms with Crippen molar-refractivity contribution in [2.75, 3.05) is 13.2 Å². The molecule has 1 heterocycles. The minimum atomic E-state index is -3.84. The summed E-state index contributed by atoms with van der Waals surface area (Å²) in [5.41, 5.74) is 0.910. The predicted molar refractivity (Wildman–Crippen MR) is 150 cm³/mol. The molecule has 1 saturated heterocycles. The molecule has 0 aromatic heterocycles. The molecule has 39 heavy (non-hydrogen) atoms. The molecule has 0 spiro atoms. The Kier molecular flexibility index (Phi) is 10.2. The van der Waals surface area contributed by atoms with E-state index in [0.717, 1.165) is 44.1 Å². The van der Waals surface area contributed by atoms with Crippen molar-refractivity contribution >= 4 is 21.8 Å². The first-order valence-electron chi connectivity index (χ1n) is 13.9. The molecule has 2 fully saturated rings. The van der Waals surface area contributed by atoms with E-state index in [4.69, 9.17) is 4.74 Å². The summed E-state index contributed by atoms with van der Waals surface area (Å²) >= 11 is 0. The average Bonchev–Trinajstić information content (AvgIpc) is 2.97. The fraction of sp³-hybridized carbons (Fsp3) is 0.467. The molecule has 2 atom stereocenters. The third-order valence-corrected chi connectivity index (χ3v) is 9.37. The van der Waals surface area contributed by atoms with Gasteiger partial charge >= 0.3 is 0 Å². The maximum atomic E-state index is 13.6. The number of hydrogen-bond acceptors (Lipinski definition) is 5. The largest absolute Gasteiger partial charge is 0.490 e. The van der Waals surface area contributed by atoms with Gasteiger partial charge in [-0.05, 0) is 55.5 Å². The first kappa shape index (κ1) is 28.8. The molecule has 210 valence electrons. The quantitative estimate of drug-likeness (QED) is 0.321. The Bertz CT molecular complexity index is 1210. The summed E-state index contributed by atoms with van der Waals surface area (Å²) in [5, 5.41) is 6.04. The van der Waals surface area contributed by atoms with Crippen molar-refractivity contribution in [1.29, 1.82) is 0 Å². The molecule has 4 rings (SSSR count). The van der Waals surface area contributed by atoms with E-state index in [1.54, 1.807) is 36.4 Å². The highest BCUT2D eigenvalue weighted by Gasteiger charge is 2.38. The van der Waals surface area contributed by atoms with Crippen molar-refractivity contribution in [2.45, 2.75) is 74.9 Å². The van der Waals surface area contributed by atoms with E-state index in [9.17, 15) is 18.0 Å². The Morgan fingerprint density at radius 2 is 1.59 bits per heavy atom. The first-order chi connectivity index (χ1) is 18.9. The van der Waals surface area contributed by atoms with Gasteiger partial charge in [0, 0.05) is 18.9 Å². The van der Waals surface area contributed by atoms with Gasteiger partial charge in [-0.1, -0.05) is 68.7 Å². The molecule has 1 aliphatic carbocycles. The Balaban J connectivity index is 1.51. The second-order valence-electron chi connectivity index (χ2n) is 10.3. The van der Waals surface area contributed by atoms with Gasteiger partial charge in [0.1, 0.15) is 24.6 Å². The van der Waals surface area contributed by atoms with E-state index in [1.807, 2.05) is 24.3 Å². The number of piperidine rings is 1. The van der Waals surface area contributed by atoms with Gasteiger partial charge in [0.15, 0.2) is 0 Å². The predicted octanol–water partition coefficient (Wildman–Crippen LogP) is 4.18. The SMILES string of the molecule is C=CCOc1ccc(C[C@@H](NC(=O)C2CCCCC2)NC(=O)C2CCCCN2S(=O)(=O)c2ccccc2)cc1. The summed E-state index contributed by atoms with van der Waals surface area (Å²) in [5.74, 6) is 0.171. The monoisotopic (exact) mass is 553 g/mol. The zero-order chi connectivity index (χ0) is 27.7. The number of carbonyl (C=O) groups excluding carboxylic acids is 2. The van der Waals surface area contributed by atoms with Gasteiger partial charge in [0.2, 0.25) is 21.8 Å². The Labute approximate surface area is 231 Å². The van der Waals surface area contributed by atoms with E-state index < -0.39 is 28.1 Å². The number of nitrogens with zero attached hydrogens (tertiary/aromatic N) is 1. The third-order valence-electron chi connectivity index (χ3n) is 7.45. The molecule has 2 N–H and O–H groups in total. The van der Waals surface area contributed by atoms with Crippen LogP contribution in [0.5, 0.6) is 5.75 Å². The minimum absolute atomic E-state index is 0.0663. The van der Waals surface area contributed by atoms with E-state index in [0.29, 0.717) is 31.6 Å². The molecule has 0 radical (unpaired) electrons. The number of sulfonamides is 1. The maximum absolute atomic E-state index is 13.6. The molecule has 1 aliphatic heterocycles. The smallest absolute Gasteiger partial charge is 0.243 e. The van der Waals surface area contributed by atoms with Gasteiger partial charge in [-0.2, -0.15) is 4.31 Å². The fourth-order valence-electron chi connectivity index (χ4n) is 5.36. The van der Waals surface area contributed by atoms with Crippen molar-refractivity contribution in [1.82, 2.24) is 14.9 Å². The van der Waals surface area contributed by atoms with Crippen molar-refractivity contribution in [2.24, 2.45) is 5.92 Å². The lowest BCUT2D eigenvalue weighted by molar-refractivity contribution is -0.129. The summed E-state index contributed by atoms with van der Waals surface area (Å²) < 4.78 is 33.7. The number of ether oxygens (including phenoxy) is 1. The first-order valence-corrected chi connectivity index (χ1v) is 15.3. The highest BCUT2D eigenvalue weighted by Crippen LogP contribution is 2.26. The zero-order valence-corrected chi connectivity index (χ0v) is 23.2. The van der Waals surface area contributed by atoms with Gasteiger partial charge in [-0.15, -0.1) is 0 Å². The number of benzene rings is 2. The molecule has 1 saturated carbocycles. The van der Waals surface area contributed by atoms with E-state index >= 15 is 0 Å². The second-order valence-corrected chi connectivity index (χ2v) is 12.2. The van der Waals surface area contributed by atoms with Crippen LogP contribution in [0.15, 0.2) is 72.1 Å². The number of nitrogens with one attached hydrogen (secondary N) is 2. The van der Waals surface area contributed by atoms with Crippen LogP contribution < -0.4 is 15.4 Å². The maximum Gasteiger partial charge on any atom is 0.243 e. The molecule has 0 bridgehead atoms. The standard InChI is InChI=1S/C30H39N3O5S/c1-2-21-38-25-18-16-23(17-19-25)22-28(31-29(34)24-11-5-3-6-12-24)32-30(35)27-15-9-10-20-33(27)39(36,37)26-13-7-4-8-14-26/h2,4,7-8,13-14,16-19,24,27-28H,1,3,5-6,9-12,15,20-22H2,(H,31,34)(H,32,35)/t27?,28-/m0/s1. The van der Waals surface area contributed by atoms with Gasteiger partial charge < -0.3 is 15.4 Å². The van der Waals surface area contributed by atoms with Crippen LogP contribution in [0.25, 0.3) is 0 Å². The van der Waals surface area contributed by atoms with Crippen LogP contribution in [-0.4, -0.2) is 49.9 Å². The van der Waals surface area contributed by atoms with E-state index in [1.165, 1.54) is 4.31 Å². The van der Waals surface area contributed by atoms with Crippen LogP contribution in [0.2, 0.25) is 0 Å². The van der Waals surface area contributed by atoms with Crippen LogP contribution in [0.1, 0.15) is 56.9 Å². The van der Waals surface area contributed by atoms with Crippen molar-refractivity contribution in [3.8, 4) is 5.75 Å². The number of hydrogen-bond donors (Lipinski definition) is 2. The van der Waals surface area contributed by atoms with Crippen molar-refractivity contribution in [3.05, 3.63) is 72.8 Å². The average molecular weight is 554 g/mol. The molecule has 9 heteroatoms. The molecular formula is C30H39N3O5S. The zero-order valence-electron chi connectivity index (χ0n) is 22.4. The van der Waals surface area contributed by atoms with Crippen molar-refractivity contribution in [3.63, 3.8) is 0 Å². The Morgan fingerprint density at radius 3 is 2.28 bits per heavy atom. The molecule has 2 amide bonds. The summed E-state index contributed by atoms with van der Waals surface area (Å²) in [4.78, 5) is 26.9. The third kappa shape index (κ3) is 7.70. The van der Waals surface area contributed by atoms with Gasteiger partial charge in [-0.25, -0.2) is 8.42 Å². The lowest BCUT2D eigenvalue weighted by Crippen LogP contribution is -2.58. The highest BCUT2D eigenvalue weighted by molar-refractivity contribution is 7.89. The molecule has 2 aromatic rings. The molecule has 1 unspecified atom stereocenters. The van der Waals surface area contributed by atoms with Crippen LogP contribution in [-0.2, 0) is 26.0 Å². The normalized spacial score (nSPS) is 19.5. The van der Waals surface area contributed by atoms with Gasteiger partial charge in [0.05, 0.1) is 4.90 Å². The van der Waals surface area contributed by atoms with Crippen LogP contribution >= 0.6 is 0 Å². The summed E-state index contributed by atoms with van der Waals surface area (Å²) in [6.45, 7) is 4.34. The Morgan fingerprint density at radius 1 is 0.923 bits per heavy atom.